The molecule has 1 aromatic carbocycles. The SMILES string of the molecule is CC(=O)N1CCCCCCCN(C(=O)CCCc2ccncc2)Cc2ccccc21. The van der Waals surface area contributed by atoms with Crippen LogP contribution in [0, 0.1) is 0 Å². The van der Waals surface area contributed by atoms with Crippen LogP contribution in [-0.2, 0) is 22.6 Å². The number of anilines is 1. The van der Waals surface area contributed by atoms with Crippen LogP contribution in [0.25, 0.3) is 0 Å². The quantitative estimate of drug-likeness (QED) is 0.735. The number of para-hydroxylation sites is 1. The molecule has 3 rings (SSSR count). The van der Waals surface area contributed by atoms with E-state index >= 15 is 0 Å². The molecule has 1 aliphatic heterocycles. The monoisotopic (exact) mass is 407 g/mol. The predicted octanol–water partition coefficient (Wildman–Crippen LogP) is 4.75. The Morgan fingerprint density at radius 2 is 1.63 bits per heavy atom. The van der Waals surface area contributed by atoms with Crippen LogP contribution in [0.1, 0.15) is 63.0 Å². The first kappa shape index (κ1) is 22.0. The van der Waals surface area contributed by atoms with Gasteiger partial charge in [0.1, 0.15) is 0 Å². The summed E-state index contributed by atoms with van der Waals surface area (Å²) in [5, 5.41) is 0. The second-order valence-electron chi connectivity index (χ2n) is 8.09. The van der Waals surface area contributed by atoms with Crippen molar-refractivity contribution in [2.45, 2.75) is 64.8 Å². The van der Waals surface area contributed by atoms with Gasteiger partial charge in [0.25, 0.3) is 0 Å². The topological polar surface area (TPSA) is 53.5 Å². The van der Waals surface area contributed by atoms with E-state index in [1.165, 1.54) is 5.56 Å². The van der Waals surface area contributed by atoms with Crippen LogP contribution in [-0.4, -0.2) is 34.8 Å². The van der Waals surface area contributed by atoms with Gasteiger partial charge in [-0.3, -0.25) is 14.6 Å². The highest BCUT2D eigenvalue weighted by molar-refractivity contribution is 5.92. The minimum Gasteiger partial charge on any atom is -0.338 e. The normalized spacial score (nSPS) is 15.6. The Morgan fingerprint density at radius 1 is 0.933 bits per heavy atom. The zero-order chi connectivity index (χ0) is 21.2. The van der Waals surface area contributed by atoms with E-state index in [-0.39, 0.29) is 11.8 Å². The highest BCUT2D eigenvalue weighted by Gasteiger charge is 2.20. The summed E-state index contributed by atoms with van der Waals surface area (Å²) < 4.78 is 0. The molecule has 0 fully saturated rings. The summed E-state index contributed by atoms with van der Waals surface area (Å²) in [5.41, 5.74) is 3.21. The molecule has 0 aliphatic carbocycles. The van der Waals surface area contributed by atoms with Gasteiger partial charge in [-0.15, -0.1) is 0 Å². The van der Waals surface area contributed by atoms with Gasteiger partial charge in [0, 0.05) is 51.1 Å². The first-order valence-corrected chi connectivity index (χ1v) is 11.2. The smallest absolute Gasteiger partial charge is 0.223 e. The number of aryl methyl sites for hydroxylation is 1. The van der Waals surface area contributed by atoms with Crippen LogP contribution in [0.15, 0.2) is 48.8 Å². The minimum atomic E-state index is 0.0646. The van der Waals surface area contributed by atoms with Crippen molar-refractivity contribution in [1.82, 2.24) is 9.88 Å². The van der Waals surface area contributed by atoms with Crippen LogP contribution in [0.2, 0.25) is 0 Å². The number of nitrogens with zero attached hydrogens (tertiary/aromatic N) is 3. The first-order valence-electron chi connectivity index (χ1n) is 11.2. The molecule has 0 saturated carbocycles. The molecule has 0 saturated heterocycles. The first-order chi connectivity index (χ1) is 14.6. The van der Waals surface area contributed by atoms with Crippen molar-refractivity contribution in [3.05, 3.63) is 59.9 Å². The predicted molar refractivity (Wildman–Crippen MR) is 120 cm³/mol. The van der Waals surface area contributed by atoms with Crippen molar-refractivity contribution in [2.75, 3.05) is 18.0 Å². The fourth-order valence-corrected chi connectivity index (χ4v) is 4.11. The molecule has 0 unspecified atom stereocenters. The van der Waals surface area contributed by atoms with E-state index in [2.05, 4.69) is 4.98 Å². The number of carbonyl (C=O) groups excluding carboxylic acids is 2. The standard InChI is InChI=1S/C25H33N3O2/c1-21(29)28-19-8-4-2-3-7-18-27(20-23-11-5-6-12-24(23)28)25(30)13-9-10-22-14-16-26-17-15-22/h5-6,11-12,14-17H,2-4,7-10,13,18-20H2,1H3. The zero-order valence-electron chi connectivity index (χ0n) is 18.1. The van der Waals surface area contributed by atoms with Gasteiger partial charge in [-0.2, -0.15) is 0 Å². The summed E-state index contributed by atoms with van der Waals surface area (Å²) >= 11 is 0. The van der Waals surface area contributed by atoms with E-state index in [0.717, 1.165) is 69.3 Å². The van der Waals surface area contributed by atoms with Gasteiger partial charge < -0.3 is 9.80 Å². The maximum Gasteiger partial charge on any atom is 0.223 e. The van der Waals surface area contributed by atoms with Crippen LogP contribution in [0.5, 0.6) is 0 Å². The second kappa shape index (κ2) is 11.5. The largest absolute Gasteiger partial charge is 0.338 e. The van der Waals surface area contributed by atoms with Gasteiger partial charge in [0.05, 0.1) is 0 Å². The number of carbonyl (C=O) groups is 2. The minimum absolute atomic E-state index is 0.0646. The highest BCUT2D eigenvalue weighted by atomic mass is 16.2. The Bertz CT molecular complexity index is 822. The molecule has 2 heterocycles. The lowest BCUT2D eigenvalue weighted by molar-refractivity contribution is -0.132. The number of aromatic nitrogens is 1. The summed E-state index contributed by atoms with van der Waals surface area (Å²) in [5.74, 6) is 0.264. The third-order valence-corrected chi connectivity index (χ3v) is 5.79. The third-order valence-electron chi connectivity index (χ3n) is 5.79. The highest BCUT2D eigenvalue weighted by Crippen LogP contribution is 2.24. The van der Waals surface area contributed by atoms with Crippen molar-refractivity contribution >= 4 is 17.5 Å². The van der Waals surface area contributed by atoms with Gasteiger partial charge >= 0.3 is 0 Å². The molecule has 30 heavy (non-hydrogen) atoms. The molecule has 5 heteroatoms. The summed E-state index contributed by atoms with van der Waals surface area (Å²) in [6.45, 7) is 3.72. The summed E-state index contributed by atoms with van der Waals surface area (Å²) in [6.07, 6.45) is 11.3. The summed E-state index contributed by atoms with van der Waals surface area (Å²) in [6, 6.07) is 12.0. The fourth-order valence-electron chi connectivity index (χ4n) is 4.11. The van der Waals surface area contributed by atoms with Crippen LogP contribution in [0.3, 0.4) is 0 Å². The molecule has 1 aromatic heterocycles. The van der Waals surface area contributed by atoms with Crippen molar-refractivity contribution in [1.29, 1.82) is 0 Å². The lowest BCUT2D eigenvalue weighted by Gasteiger charge is -2.29. The molecule has 0 atom stereocenters. The number of rotatable bonds is 4. The van der Waals surface area contributed by atoms with Crippen molar-refractivity contribution in [3.63, 3.8) is 0 Å². The molecule has 1 aliphatic rings. The average Bonchev–Trinajstić information content (AvgIpc) is 2.74. The molecular formula is C25H33N3O2. The van der Waals surface area contributed by atoms with Gasteiger partial charge in [-0.05, 0) is 55.0 Å². The Balaban J connectivity index is 1.72. The van der Waals surface area contributed by atoms with E-state index in [1.807, 2.05) is 46.2 Å². The van der Waals surface area contributed by atoms with Crippen molar-refractivity contribution in [2.24, 2.45) is 0 Å². The number of amides is 2. The van der Waals surface area contributed by atoms with E-state index in [4.69, 9.17) is 0 Å². The summed E-state index contributed by atoms with van der Waals surface area (Å²) in [7, 11) is 0. The van der Waals surface area contributed by atoms with Gasteiger partial charge in [0.15, 0.2) is 0 Å². The Hall–Kier alpha value is -2.69. The van der Waals surface area contributed by atoms with Crippen LogP contribution >= 0.6 is 0 Å². The molecular weight excluding hydrogens is 374 g/mol. The number of fused-ring (bicyclic) bond motifs is 1. The molecule has 5 nitrogen and oxygen atoms in total. The molecule has 0 spiro atoms. The van der Waals surface area contributed by atoms with Gasteiger partial charge in [-0.1, -0.05) is 37.5 Å². The van der Waals surface area contributed by atoms with E-state index in [1.54, 1.807) is 19.3 Å². The molecule has 160 valence electrons. The van der Waals surface area contributed by atoms with Gasteiger partial charge in [-0.25, -0.2) is 0 Å². The van der Waals surface area contributed by atoms with Gasteiger partial charge in [0.2, 0.25) is 11.8 Å². The third kappa shape index (κ3) is 6.41. The van der Waals surface area contributed by atoms with E-state index < -0.39 is 0 Å². The molecule has 2 aromatic rings. The Kier molecular flexibility index (Phi) is 8.42. The Morgan fingerprint density at radius 3 is 2.40 bits per heavy atom. The maximum absolute atomic E-state index is 13.1. The number of hydrogen-bond donors (Lipinski definition) is 0. The number of benzene rings is 1. The molecule has 2 amide bonds. The van der Waals surface area contributed by atoms with Crippen LogP contribution in [0.4, 0.5) is 5.69 Å². The fraction of sp³-hybridized carbons (Fsp3) is 0.480. The molecule has 0 bridgehead atoms. The van der Waals surface area contributed by atoms with Crippen molar-refractivity contribution < 1.29 is 9.59 Å². The van der Waals surface area contributed by atoms with E-state index in [0.29, 0.717) is 13.0 Å². The lowest BCUT2D eigenvalue weighted by atomic mass is 10.1. The Labute approximate surface area is 180 Å². The molecule has 0 N–H and O–H groups in total. The molecule has 0 radical (unpaired) electrons. The van der Waals surface area contributed by atoms with Crippen molar-refractivity contribution in [3.8, 4) is 0 Å². The average molecular weight is 408 g/mol. The lowest BCUT2D eigenvalue weighted by Crippen LogP contribution is -2.34. The summed E-state index contributed by atoms with van der Waals surface area (Å²) in [4.78, 5) is 33.3. The zero-order valence-corrected chi connectivity index (χ0v) is 18.1. The van der Waals surface area contributed by atoms with Crippen LogP contribution < -0.4 is 4.90 Å². The maximum atomic E-state index is 13.1. The number of pyridine rings is 1. The van der Waals surface area contributed by atoms with E-state index in [9.17, 15) is 9.59 Å². The number of hydrogen-bond acceptors (Lipinski definition) is 3. The second-order valence-corrected chi connectivity index (χ2v) is 8.09.